The van der Waals surface area contributed by atoms with Crippen molar-refractivity contribution in [3.05, 3.63) is 190 Å². The smallest absolute Gasteiger partial charge is 0.119 e. The minimum Gasteiger partial charge on any atom is -0.493 e. The highest BCUT2D eigenvalue weighted by Crippen LogP contribution is 2.29. The van der Waals surface area contributed by atoms with Crippen LogP contribution in [-0.4, -0.2) is 26.4 Å². The van der Waals surface area contributed by atoms with Crippen molar-refractivity contribution in [1.82, 2.24) is 0 Å². The minimum absolute atomic E-state index is 0.0375. The van der Waals surface area contributed by atoms with Crippen LogP contribution in [0.1, 0.15) is 78.1 Å². The summed E-state index contributed by atoms with van der Waals surface area (Å²) in [6.07, 6.45) is 3.09. The van der Waals surface area contributed by atoms with Crippen LogP contribution in [0.3, 0.4) is 0 Å². The van der Waals surface area contributed by atoms with Gasteiger partial charge in [-0.15, -0.1) is 0 Å². The maximum atomic E-state index is 6.04. The van der Waals surface area contributed by atoms with Crippen molar-refractivity contribution in [3.8, 4) is 23.0 Å². The Morgan fingerprint density at radius 1 is 0.362 bits per heavy atom. The zero-order valence-corrected chi connectivity index (χ0v) is 36.5. The van der Waals surface area contributed by atoms with E-state index in [1.54, 1.807) is 0 Å². The summed E-state index contributed by atoms with van der Waals surface area (Å²) in [4.78, 5) is 0. The second-order valence-corrected chi connectivity index (χ2v) is 15.9. The third-order valence-electron chi connectivity index (χ3n) is 10.4. The molecule has 0 saturated heterocycles. The monoisotopic (exact) mass is 778 g/mol. The average Bonchev–Trinajstić information content (AvgIpc) is 3.24. The summed E-state index contributed by atoms with van der Waals surface area (Å²) >= 11 is 0. The molecule has 0 aliphatic heterocycles. The topological polar surface area (TPSA) is 36.9 Å². The van der Waals surface area contributed by atoms with Crippen molar-refractivity contribution in [2.45, 2.75) is 81.6 Å². The summed E-state index contributed by atoms with van der Waals surface area (Å²) in [5, 5.41) is 0. The van der Waals surface area contributed by atoms with E-state index >= 15 is 0 Å². The van der Waals surface area contributed by atoms with Gasteiger partial charge in [-0.1, -0.05) is 151 Å². The van der Waals surface area contributed by atoms with Gasteiger partial charge >= 0.3 is 0 Å². The Hall–Kier alpha value is -5.48. The molecule has 0 unspecified atom stereocenters. The van der Waals surface area contributed by atoms with Crippen LogP contribution < -0.4 is 18.9 Å². The van der Waals surface area contributed by atoms with Crippen molar-refractivity contribution in [2.24, 2.45) is 11.3 Å². The van der Waals surface area contributed by atoms with Gasteiger partial charge in [0.05, 0.1) is 26.4 Å². The Balaban J connectivity index is 0.000000196. The van der Waals surface area contributed by atoms with E-state index in [-0.39, 0.29) is 5.41 Å². The first-order valence-corrected chi connectivity index (χ1v) is 20.8. The fourth-order valence-electron chi connectivity index (χ4n) is 5.88. The summed E-state index contributed by atoms with van der Waals surface area (Å²) in [6, 6.07) is 50.2. The van der Waals surface area contributed by atoms with E-state index in [0.717, 1.165) is 42.3 Å². The van der Waals surface area contributed by atoms with E-state index in [4.69, 9.17) is 18.9 Å². The highest BCUT2D eigenvalue weighted by atomic mass is 16.5. The van der Waals surface area contributed by atoms with Crippen LogP contribution >= 0.6 is 0 Å². The first-order valence-electron chi connectivity index (χ1n) is 20.8. The molecule has 0 aliphatic rings. The van der Waals surface area contributed by atoms with E-state index in [2.05, 4.69) is 159 Å². The molecule has 0 N–H and O–H groups in total. The molecule has 58 heavy (non-hydrogen) atoms. The number of rotatable bonds is 16. The fourth-order valence-corrected chi connectivity index (χ4v) is 5.88. The predicted molar refractivity (Wildman–Crippen MR) is 244 cm³/mol. The number of ether oxygens (including phenoxy) is 4. The summed E-state index contributed by atoms with van der Waals surface area (Å²) in [5.74, 6) is 4.03. The van der Waals surface area contributed by atoms with Gasteiger partial charge in [0, 0.05) is 11.3 Å². The summed E-state index contributed by atoms with van der Waals surface area (Å²) in [6.45, 7) is 21.8. The van der Waals surface area contributed by atoms with E-state index in [1.165, 1.54) is 44.5 Å². The van der Waals surface area contributed by atoms with E-state index in [0.29, 0.717) is 32.3 Å². The Kier molecular flexibility index (Phi) is 18.5. The molecule has 4 heteroatoms. The molecule has 0 aromatic heterocycles. The van der Waals surface area contributed by atoms with Gasteiger partial charge in [-0.25, -0.2) is 0 Å². The molecule has 6 aromatic rings. The molecule has 0 heterocycles. The molecule has 6 aromatic carbocycles. The van der Waals surface area contributed by atoms with Crippen LogP contribution in [0.4, 0.5) is 0 Å². The highest BCUT2D eigenvalue weighted by Gasteiger charge is 2.28. The van der Waals surface area contributed by atoms with Crippen LogP contribution in [0.15, 0.2) is 146 Å². The first kappa shape index (κ1) is 45.2. The van der Waals surface area contributed by atoms with Crippen LogP contribution in [0.2, 0.25) is 0 Å². The van der Waals surface area contributed by atoms with Crippen LogP contribution in [0.25, 0.3) is 0 Å². The molecule has 0 radical (unpaired) electrons. The second-order valence-electron chi connectivity index (χ2n) is 15.9. The van der Waals surface area contributed by atoms with E-state index in [1.807, 2.05) is 48.5 Å². The highest BCUT2D eigenvalue weighted by molar-refractivity contribution is 5.31. The van der Waals surface area contributed by atoms with Crippen LogP contribution in [-0.2, 0) is 6.42 Å². The Bertz CT molecular complexity index is 1850. The molecular weight excluding hydrogens is 713 g/mol. The molecule has 0 bridgehead atoms. The van der Waals surface area contributed by atoms with E-state index < -0.39 is 0 Å². The molecular formula is C54H66O4. The minimum atomic E-state index is 0.0375. The van der Waals surface area contributed by atoms with Crippen molar-refractivity contribution in [2.75, 3.05) is 26.4 Å². The molecule has 306 valence electrons. The molecule has 0 saturated carbocycles. The lowest BCUT2D eigenvalue weighted by molar-refractivity contribution is 0.0705. The number of hydrogen-bond acceptors (Lipinski definition) is 4. The van der Waals surface area contributed by atoms with Gasteiger partial charge in [-0.3, -0.25) is 0 Å². The van der Waals surface area contributed by atoms with Gasteiger partial charge in [0.15, 0.2) is 0 Å². The number of hydrogen-bond donors (Lipinski definition) is 0. The lowest BCUT2D eigenvalue weighted by Gasteiger charge is -2.31. The standard InChI is InChI=1S/C21H28O2.C18H22O2.C15H16/c1-5-21(6-2,15-22-19-11-7-17(3)8-12-19)16-23-20-13-9-18(4)10-14-20;1-14-4-8-17(9-5-14)19-12-16(3)13-20-18-10-6-15(2)7-11-18;1-12-3-7-14(8-4-12)11-15-9-5-13(2)6-10-15/h7-14H,5-6,15-16H2,1-4H3;4-11,16H,12-13H2,1-3H3;3-10H,11H2,1-2H3. The van der Waals surface area contributed by atoms with Gasteiger partial charge in [-0.2, -0.15) is 0 Å². The molecule has 0 fully saturated rings. The van der Waals surface area contributed by atoms with E-state index in [9.17, 15) is 0 Å². The van der Waals surface area contributed by atoms with Crippen LogP contribution in [0.5, 0.6) is 23.0 Å². The zero-order valence-electron chi connectivity index (χ0n) is 36.5. The lowest BCUT2D eigenvalue weighted by Crippen LogP contribution is -2.34. The van der Waals surface area contributed by atoms with Gasteiger partial charge in [0.2, 0.25) is 0 Å². The molecule has 0 spiro atoms. The maximum absolute atomic E-state index is 6.04. The summed E-state index contributed by atoms with van der Waals surface area (Å²) in [7, 11) is 0. The zero-order chi connectivity index (χ0) is 41.8. The van der Waals surface area contributed by atoms with Gasteiger partial charge in [0.1, 0.15) is 23.0 Å². The van der Waals surface area contributed by atoms with Gasteiger partial charge in [0.25, 0.3) is 0 Å². The largest absolute Gasteiger partial charge is 0.493 e. The quantitative estimate of drug-likeness (QED) is 0.0980. The normalized spacial score (nSPS) is 10.8. The first-order chi connectivity index (χ1) is 27.9. The van der Waals surface area contributed by atoms with Gasteiger partial charge in [-0.05, 0) is 120 Å². The van der Waals surface area contributed by atoms with Crippen molar-refractivity contribution in [1.29, 1.82) is 0 Å². The third-order valence-corrected chi connectivity index (χ3v) is 10.4. The molecule has 0 atom stereocenters. The Labute approximate surface area is 350 Å². The maximum Gasteiger partial charge on any atom is 0.119 e. The van der Waals surface area contributed by atoms with Gasteiger partial charge < -0.3 is 18.9 Å². The SMILES string of the molecule is CCC(CC)(COc1ccc(C)cc1)COc1ccc(C)cc1.Cc1ccc(Cc2ccc(C)cc2)cc1.Cc1ccc(OCC(C)COc2ccc(C)cc2)cc1. The molecule has 6 rings (SSSR count). The molecule has 0 aliphatic carbocycles. The summed E-state index contributed by atoms with van der Waals surface area (Å²) < 4.78 is 23.6. The second kappa shape index (κ2) is 23.7. The molecule has 4 nitrogen and oxygen atoms in total. The molecule has 0 amide bonds. The third kappa shape index (κ3) is 16.5. The van der Waals surface area contributed by atoms with Crippen molar-refractivity contribution < 1.29 is 18.9 Å². The fraction of sp³-hybridized carbons (Fsp3) is 0.333. The number of aryl methyl sites for hydroxylation is 6. The number of benzene rings is 6. The summed E-state index contributed by atoms with van der Waals surface area (Å²) in [5.41, 5.74) is 10.4. The Morgan fingerprint density at radius 2 is 0.603 bits per heavy atom. The van der Waals surface area contributed by atoms with Crippen LogP contribution in [0, 0.1) is 52.9 Å². The predicted octanol–water partition coefficient (Wildman–Crippen LogP) is 13.9. The Morgan fingerprint density at radius 3 is 0.862 bits per heavy atom. The average molecular weight is 779 g/mol. The van der Waals surface area contributed by atoms with Crippen molar-refractivity contribution >= 4 is 0 Å². The lowest BCUT2D eigenvalue weighted by atomic mass is 9.84. The van der Waals surface area contributed by atoms with Crippen molar-refractivity contribution in [3.63, 3.8) is 0 Å².